The first kappa shape index (κ1) is 15.4. The second-order valence-electron chi connectivity index (χ2n) is 4.47. The van der Waals surface area contributed by atoms with Gasteiger partial charge in [-0.05, 0) is 13.3 Å². The Kier molecular flexibility index (Phi) is 6.29. The summed E-state index contributed by atoms with van der Waals surface area (Å²) in [5.41, 5.74) is 1.35. The van der Waals surface area contributed by atoms with E-state index < -0.39 is 0 Å². The van der Waals surface area contributed by atoms with Crippen LogP contribution in [0.1, 0.15) is 49.4 Å². The number of carbonyl (C=O) groups excluding carboxylic acids is 1. The number of aryl methyl sites for hydroxylation is 1. The van der Waals surface area contributed by atoms with Crippen molar-refractivity contribution in [3.8, 4) is 5.75 Å². The zero-order chi connectivity index (χ0) is 14.3. The summed E-state index contributed by atoms with van der Waals surface area (Å²) >= 11 is 0. The second-order valence-corrected chi connectivity index (χ2v) is 4.47. The SMILES string of the molecule is CCCCCC(=O)OCc1cnc(C)c(O)c1CO. The Morgan fingerprint density at radius 3 is 2.79 bits per heavy atom. The van der Waals surface area contributed by atoms with E-state index in [1.807, 2.05) is 0 Å². The monoisotopic (exact) mass is 267 g/mol. The van der Waals surface area contributed by atoms with Gasteiger partial charge in [-0.3, -0.25) is 9.78 Å². The van der Waals surface area contributed by atoms with Crippen molar-refractivity contribution < 1.29 is 19.7 Å². The maximum Gasteiger partial charge on any atom is 0.306 e. The van der Waals surface area contributed by atoms with Crippen molar-refractivity contribution in [2.75, 3.05) is 0 Å². The third kappa shape index (κ3) is 4.52. The molecule has 106 valence electrons. The summed E-state index contributed by atoms with van der Waals surface area (Å²) in [6, 6.07) is 0. The summed E-state index contributed by atoms with van der Waals surface area (Å²) in [6.45, 7) is 3.44. The van der Waals surface area contributed by atoms with E-state index >= 15 is 0 Å². The molecule has 0 aromatic carbocycles. The molecule has 5 heteroatoms. The second kappa shape index (κ2) is 7.74. The molecular formula is C14H21NO4. The Morgan fingerprint density at radius 2 is 2.16 bits per heavy atom. The fourth-order valence-electron chi connectivity index (χ4n) is 1.73. The van der Waals surface area contributed by atoms with Gasteiger partial charge < -0.3 is 14.9 Å². The highest BCUT2D eigenvalue weighted by atomic mass is 16.5. The maximum atomic E-state index is 11.5. The lowest BCUT2D eigenvalue weighted by Gasteiger charge is -2.11. The topological polar surface area (TPSA) is 79.7 Å². The van der Waals surface area contributed by atoms with Gasteiger partial charge in [0.2, 0.25) is 0 Å². The first-order valence-corrected chi connectivity index (χ1v) is 6.53. The Balaban J connectivity index is 2.58. The lowest BCUT2D eigenvalue weighted by molar-refractivity contribution is -0.145. The van der Waals surface area contributed by atoms with E-state index in [9.17, 15) is 15.0 Å². The number of aliphatic hydroxyl groups is 1. The molecule has 5 nitrogen and oxygen atoms in total. The van der Waals surface area contributed by atoms with Crippen molar-refractivity contribution in [2.45, 2.75) is 52.7 Å². The normalized spacial score (nSPS) is 10.5. The van der Waals surface area contributed by atoms with Crippen molar-refractivity contribution in [1.82, 2.24) is 4.98 Å². The summed E-state index contributed by atoms with van der Waals surface area (Å²) in [6.07, 6.45) is 4.79. The molecular weight excluding hydrogens is 246 g/mol. The molecule has 0 bridgehead atoms. The molecule has 0 saturated carbocycles. The zero-order valence-electron chi connectivity index (χ0n) is 11.5. The van der Waals surface area contributed by atoms with E-state index in [4.69, 9.17) is 4.74 Å². The fraction of sp³-hybridized carbons (Fsp3) is 0.571. The molecule has 1 heterocycles. The first-order valence-electron chi connectivity index (χ1n) is 6.53. The molecule has 0 aliphatic rings. The van der Waals surface area contributed by atoms with Gasteiger partial charge >= 0.3 is 5.97 Å². The molecule has 0 spiro atoms. The molecule has 0 aliphatic heterocycles. The molecule has 0 saturated heterocycles. The van der Waals surface area contributed by atoms with Crippen LogP contribution in [0.25, 0.3) is 0 Å². The Hall–Kier alpha value is -1.62. The Morgan fingerprint density at radius 1 is 1.42 bits per heavy atom. The van der Waals surface area contributed by atoms with Gasteiger partial charge in [0.15, 0.2) is 0 Å². The highest BCUT2D eigenvalue weighted by Crippen LogP contribution is 2.24. The zero-order valence-corrected chi connectivity index (χ0v) is 11.5. The van der Waals surface area contributed by atoms with Crippen LogP contribution in [0.15, 0.2) is 6.20 Å². The van der Waals surface area contributed by atoms with Crippen LogP contribution in [0, 0.1) is 6.92 Å². The number of hydrogen-bond donors (Lipinski definition) is 2. The molecule has 0 radical (unpaired) electrons. The van der Waals surface area contributed by atoms with E-state index in [0.717, 1.165) is 19.3 Å². The molecule has 0 amide bonds. The number of esters is 1. The van der Waals surface area contributed by atoms with Crippen LogP contribution in [-0.2, 0) is 22.7 Å². The Bertz CT molecular complexity index is 432. The first-order chi connectivity index (χ1) is 9.10. The van der Waals surface area contributed by atoms with E-state index in [-0.39, 0.29) is 24.9 Å². The summed E-state index contributed by atoms with van der Waals surface area (Å²) in [4.78, 5) is 15.5. The lowest BCUT2D eigenvalue weighted by atomic mass is 10.1. The van der Waals surface area contributed by atoms with Crippen molar-refractivity contribution in [3.63, 3.8) is 0 Å². The van der Waals surface area contributed by atoms with Crippen LogP contribution in [0.4, 0.5) is 0 Å². The molecule has 1 aromatic heterocycles. The smallest absolute Gasteiger partial charge is 0.306 e. The molecule has 1 aromatic rings. The molecule has 0 fully saturated rings. The highest BCUT2D eigenvalue weighted by Gasteiger charge is 2.12. The van der Waals surface area contributed by atoms with Crippen LogP contribution in [0.5, 0.6) is 5.75 Å². The minimum Gasteiger partial charge on any atom is -0.506 e. The number of aromatic nitrogens is 1. The van der Waals surface area contributed by atoms with Crippen molar-refractivity contribution in [3.05, 3.63) is 23.0 Å². The van der Waals surface area contributed by atoms with E-state index in [1.54, 1.807) is 6.92 Å². The number of pyridine rings is 1. The van der Waals surface area contributed by atoms with Gasteiger partial charge in [-0.2, -0.15) is 0 Å². The molecule has 0 atom stereocenters. The van der Waals surface area contributed by atoms with E-state index in [2.05, 4.69) is 11.9 Å². The van der Waals surface area contributed by atoms with Crippen LogP contribution in [-0.4, -0.2) is 21.2 Å². The van der Waals surface area contributed by atoms with Crippen LogP contribution in [0.2, 0.25) is 0 Å². The summed E-state index contributed by atoms with van der Waals surface area (Å²) in [7, 11) is 0. The van der Waals surface area contributed by atoms with Crippen molar-refractivity contribution in [2.24, 2.45) is 0 Å². The van der Waals surface area contributed by atoms with Gasteiger partial charge in [0.25, 0.3) is 0 Å². The largest absolute Gasteiger partial charge is 0.506 e. The summed E-state index contributed by atoms with van der Waals surface area (Å²) in [5.74, 6) is -0.306. The highest BCUT2D eigenvalue weighted by molar-refractivity contribution is 5.69. The molecule has 0 unspecified atom stereocenters. The third-order valence-corrected chi connectivity index (χ3v) is 2.96. The average Bonchev–Trinajstić information content (AvgIpc) is 2.40. The predicted molar refractivity (Wildman–Crippen MR) is 70.5 cm³/mol. The number of unbranched alkanes of at least 4 members (excludes halogenated alkanes) is 2. The van der Waals surface area contributed by atoms with Crippen molar-refractivity contribution in [1.29, 1.82) is 0 Å². The van der Waals surface area contributed by atoms with Gasteiger partial charge in [0, 0.05) is 23.7 Å². The summed E-state index contributed by atoms with van der Waals surface area (Å²) in [5, 5.41) is 19.0. The minimum absolute atomic E-state index is 0.0295. The molecule has 1 rings (SSSR count). The lowest BCUT2D eigenvalue weighted by Crippen LogP contribution is -2.07. The Labute approximate surface area is 113 Å². The van der Waals surface area contributed by atoms with Crippen LogP contribution in [0.3, 0.4) is 0 Å². The van der Waals surface area contributed by atoms with Gasteiger partial charge in [-0.25, -0.2) is 0 Å². The number of ether oxygens (including phenoxy) is 1. The fourth-order valence-corrected chi connectivity index (χ4v) is 1.73. The van der Waals surface area contributed by atoms with Gasteiger partial charge in [-0.1, -0.05) is 19.8 Å². The van der Waals surface area contributed by atoms with Gasteiger partial charge in [0.1, 0.15) is 12.4 Å². The third-order valence-electron chi connectivity index (χ3n) is 2.96. The number of hydrogen-bond acceptors (Lipinski definition) is 5. The number of rotatable bonds is 7. The van der Waals surface area contributed by atoms with Crippen LogP contribution < -0.4 is 0 Å². The van der Waals surface area contributed by atoms with Gasteiger partial charge in [0.05, 0.1) is 12.3 Å². The number of aliphatic hydroxyl groups excluding tert-OH is 1. The van der Waals surface area contributed by atoms with E-state index in [1.165, 1.54) is 6.20 Å². The maximum absolute atomic E-state index is 11.5. The average molecular weight is 267 g/mol. The van der Waals surface area contributed by atoms with Crippen LogP contribution >= 0.6 is 0 Å². The molecule has 19 heavy (non-hydrogen) atoms. The molecule has 0 aliphatic carbocycles. The predicted octanol–water partition coefficient (Wildman–Crippen LogP) is 2.21. The minimum atomic E-state index is -0.308. The number of carbonyl (C=O) groups is 1. The quantitative estimate of drug-likeness (QED) is 0.585. The number of aromatic hydroxyl groups is 1. The summed E-state index contributed by atoms with van der Waals surface area (Å²) < 4.78 is 5.11. The van der Waals surface area contributed by atoms with Gasteiger partial charge in [-0.15, -0.1) is 0 Å². The van der Waals surface area contributed by atoms with Crippen molar-refractivity contribution >= 4 is 5.97 Å². The molecule has 2 N–H and O–H groups in total. The standard InChI is InChI=1S/C14H21NO4/c1-3-4-5-6-13(17)19-9-11-7-15-10(2)14(18)12(11)8-16/h7,16,18H,3-6,8-9H2,1-2H3. The number of nitrogens with zero attached hydrogens (tertiary/aromatic N) is 1. The van der Waals surface area contributed by atoms with E-state index in [0.29, 0.717) is 23.2 Å².